The molecule has 0 aliphatic carbocycles. The van der Waals surface area contributed by atoms with Crippen LogP contribution in [0.15, 0.2) is 132 Å². The van der Waals surface area contributed by atoms with E-state index < -0.39 is 17.4 Å². The maximum Gasteiger partial charge on any atom is 0.299 e. The minimum atomic E-state index is -4.54. The molecule has 0 aliphatic rings. The van der Waals surface area contributed by atoms with Crippen LogP contribution in [0.3, 0.4) is 0 Å². The maximum absolute atomic E-state index is 13.0. The van der Waals surface area contributed by atoms with Crippen molar-refractivity contribution in [1.29, 1.82) is 0 Å². The quantitative estimate of drug-likeness (QED) is 0.300. The molecule has 3 nitrogen and oxygen atoms in total. The predicted molar refractivity (Wildman–Crippen MR) is 139 cm³/mol. The molecule has 0 saturated carbocycles. The summed E-state index contributed by atoms with van der Waals surface area (Å²) in [4.78, 5) is -0.0227. The van der Waals surface area contributed by atoms with Gasteiger partial charge in [0.25, 0.3) is 10.1 Å². The zero-order valence-corrected chi connectivity index (χ0v) is 19.5. The Morgan fingerprint density at radius 2 is 0.939 bits per heavy atom. The molecule has 0 saturated heterocycles. The van der Waals surface area contributed by atoms with Crippen molar-refractivity contribution in [1.82, 2.24) is 0 Å². The summed E-state index contributed by atoms with van der Waals surface area (Å²) in [5, 5.41) is 4.95. The number of hydrogen-bond donors (Lipinski definition) is 1. The summed E-state index contributed by atoms with van der Waals surface area (Å²) in [7, 11) is -7.22. The highest BCUT2D eigenvalue weighted by Gasteiger charge is 2.51. The summed E-state index contributed by atoms with van der Waals surface area (Å²) >= 11 is 0. The molecule has 0 atom stereocenters. The molecule has 0 heterocycles. The van der Waals surface area contributed by atoms with E-state index in [-0.39, 0.29) is 4.90 Å². The Kier molecular flexibility index (Phi) is 5.59. The van der Waals surface area contributed by atoms with Crippen LogP contribution in [0.2, 0.25) is 0 Å². The van der Waals surface area contributed by atoms with Crippen LogP contribution in [0.5, 0.6) is 0 Å². The van der Waals surface area contributed by atoms with Crippen LogP contribution < -0.4 is 21.2 Å². The second kappa shape index (κ2) is 8.57. The first-order valence-corrected chi connectivity index (χ1v) is 13.8. The molecule has 5 rings (SSSR count). The van der Waals surface area contributed by atoms with E-state index in [2.05, 4.69) is 36.4 Å². The fraction of sp³-hybridized carbons (Fsp3) is 0. The monoisotopic (exact) mass is 469 g/mol. The molecule has 5 aromatic carbocycles. The third-order valence-corrected chi connectivity index (χ3v) is 11.3. The van der Waals surface area contributed by atoms with Crippen molar-refractivity contribution in [2.45, 2.75) is 4.90 Å². The van der Waals surface area contributed by atoms with Crippen LogP contribution >= 0.6 is 7.26 Å². The summed E-state index contributed by atoms with van der Waals surface area (Å²) in [6, 6.07) is 41.2. The molecule has 5 heteroatoms. The third kappa shape index (κ3) is 3.67. The summed E-state index contributed by atoms with van der Waals surface area (Å²) in [6.07, 6.45) is 0. The zero-order chi connectivity index (χ0) is 22.9. The summed E-state index contributed by atoms with van der Waals surface area (Å²) in [6.45, 7) is 0. The Labute approximate surface area is 194 Å². The fourth-order valence-electron chi connectivity index (χ4n) is 4.59. The molecule has 162 valence electrons. The molecule has 0 bridgehead atoms. The topological polar surface area (TPSA) is 54.4 Å². The standard InChI is InChI=1S/C28H21O3PS/c29-33(30,31)28-26-19-11-10-12-22(26)20-21-27(28)32(23-13-4-1-5-14-23,24-15-6-2-7-16-24)25-17-8-3-9-18-25/h1-21H/p+1. The van der Waals surface area contributed by atoms with Crippen LogP contribution in [-0.4, -0.2) is 13.0 Å². The lowest BCUT2D eigenvalue weighted by atomic mass is 10.1. The first-order chi connectivity index (χ1) is 16.0. The Hall–Kier alpha value is -3.30. The van der Waals surface area contributed by atoms with Gasteiger partial charge in [0.1, 0.15) is 33.4 Å². The van der Waals surface area contributed by atoms with E-state index in [1.54, 1.807) is 12.1 Å². The lowest BCUT2D eigenvalue weighted by Crippen LogP contribution is -2.40. The van der Waals surface area contributed by atoms with E-state index in [0.717, 1.165) is 21.3 Å². The van der Waals surface area contributed by atoms with E-state index in [1.165, 1.54) is 0 Å². The van der Waals surface area contributed by atoms with Crippen molar-refractivity contribution in [3.8, 4) is 0 Å². The number of hydrogen-bond acceptors (Lipinski definition) is 2. The highest BCUT2D eigenvalue weighted by atomic mass is 32.2. The van der Waals surface area contributed by atoms with E-state index in [9.17, 15) is 13.0 Å². The van der Waals surface area contributed by atoms with E-state index in [0.29, 0.717) is 10.7 Å². The van der Waals surface area contributed by atoms with Gasteiger partial charge in [-0.05, 0) is 47.9 Å². The summed E-state index contributed by atoms with van der Waals surface area (Å²) in [5.74, 6) is 0. The molecular weight excluding hydrogens is 447 g/mol. The molecule has 0 radical (unpaired) electrons. The van der Waals surface area contributed by atoms with Crippen LogP contribution in [0.4, 0.5) is 0 Å². The van der Waals surface area contributed by atoms with Gasteiger partial charge < -0.3 is 0 Å². The van der Waals surface area contributed by atoms with Crippen LogP contribution in [0.1, 0.15) is 0 Å². The van der Waals surface area contributed by atoms with Crippen molar-refractivity contribution >= 4 is 49.4 Å². The molecular formula is C28H22O3PS+. The zero-order valence-electron chi connectivity index (χ0n) is 17.7. The van der Waals surface area contributed by atoms with Crippen LogP contribution in [-0.2, 0) is 10.1 Å². The molecule has 0 spiro atoms. The lowest BCUT2D eigenvalue weighted by molar-refractivity contribution is 0.485. The Bertz CT molecular complexity index is 1420. The fourth-order valence-corrected chi connectivity index (χ4v) is 10.4. The number of benzene rings is 5. The highest BCUT2D eigenvalue weighted by Crippen LogP contribution is 2.56. The van der Waals surface area contributed by atoms with Crippen LogP contribution in [0.25, 0.3) is 10.8 Å². The normalized spacial score (nSPS) is 12.0. The maximum atomic E-state index is 13.0. The lowest BCUT2D eigenvalue weighted by Gasteiger charge is -2.29. The largest absolute Gasteiger partial charge is 0.299 e. The molecule has 0 amide bonds. The Morgan fingerprint density at radius 3 is 1.39 bits per heavy atom. The number of rotatable bonds is 5. The molecule has 0 aliphatic heterocycles. The highest BCUT2D eigenvalue weighted by molar-refractivity contribution is 8.02. The first kappa shape index (κ1) is 21.5. The van der Waals surface area contributed by atoms with Gasteiger partial charge in [0.15, 0.2) is 0 Å². The molecule has 0 unspecified atom stereocenters. The Balaban J connectivity index is 2.05. The summed E-state index contributed by atoms with van der Waals surface area (Å²) in [5.41, 5.74) is 0. The van der Waals surface area contributed by atoms with Gasteiger partial charge in [-0.2, -0.15) is 8.42 Å². The predicted octanol–water partition coefficient (Wildman–Crippen LogP) is 4.71. The van der Waals surface area contributed by atoms with Gasteiger partial charge in [-0.1, -0.05) is 84.9 Å². The second-order valence-corrected chi connectivity index (χ2v) is 12.5. The SMILES string of the molecule is O=S(=O)(O)c1c([P+](c2ccccc2)(c2ccccc2)c2ccccc2)ccc2ccccc12. The minimum absolute atomic E-state index is 0.0227. The van der Waals surface area contributed by atoms with E-state index in [1.807, 2.05) is 78.9 Å². The average molecular weight is 470 g/mol. The van der Waals surface area contributed by atoms with Gasteiger partial charge in [-0.25, -0.2) is 0 Å². The molecule has 0 aromatic heterocycles. The van der Waals surface area contributed by atoms with Gasteiger partial charge in [0.2, 0.25) is 0 Å². The molecule has 5 aromatic rings. The average Bonchev–Trinajstić information content (AvgIpc) is 2.85. The van der Waals surface area contributed by atoms with Crippen molar-refractivity contribution < 1.29 is 13.0 Å². The van der Waals surface area contributed by atoms with Gasteiger partial charge in [-0.3, -0.25) is 4.55 Å². The molecule has 33 heavy (non-hydrogen) atoms. The van der Waals surface area contributed by atoms with Gasteiger partial charge in [-0.15, -0.1) is 0 Å². The smallest absolute Gasteiger partial charge is 0.282 e. The third-order valence-electron chi connectivity index (χ3n) is 5.91. The number of fused-ring (bicyclic) bond motifs is 1. The van der Waals surface area contributed by atoms with Crippen LogP contribution in [0, 0.1) is 0 Å². The van der Waals surface area contributed by atoms with Crippen molar-refractivity contribution in [2.75, 3.05) is 0 Å². The van der Waals surface area contributed by atoms with Crippen molar-refractivity contribution in [3.05, 3.63) is 127 Å². The molecule has 1 N–H and O–H groups in total. The second-order valence-electron chi connectivity index (χ2n) is 7.79. The Morgan fingerprint density at radius 1 is 0.515 bits per heavy atom. The van der Waals surface area contributed by atoms with Crippen molar-refractivity contribution in [2.24, 2.45) is 0 Å². The van der Waals surface area contributed by atoms with E-state index in [4.69, 9.17) is 0 Å². The molecule has 0 fully saturated rings. The van der Waals surface area contributed by atoms with Crippen molar-refractivity contribution in [3.63, 3.8) is 0 Å². The van der Waals surface area contributed by atoms with Gasteiger partial charge in [0.05, 0.1) is 0 Å². The van der Waals surface area contributed by atoms with Gasteiger partial charge in [0, 0.05) is 5.39 Å². The summed E-state index contributed by atoms with van der Waals surface area (Å²) < 4.78 is 36.5. The van der Waals surface area contributed by atoms with E-state index >= 15 is 0 Å². The van der Waals surface area contributed by atoms with Gasteiger partial charge >= 0.3 is 0 Å². The minimum Gasteiger partial charge on any atom is -0.282 e. The first-order valence-electron chi connectivity index (χ1n) is 10.6.